The van der Waals surface area contributed by atoms with E-state index in [9.17, 15) is 26.4 Å². The van der Waals surface area contributed by atoms with Crippen LogP contribution in [0.1, 0.15) is 29.9 Å². The van der Waals surface area contributed by atoms with E-state index in [2.05, 4.69) is 9.72 Å². The van der Waals surface area contributed by atoms with E-state index in [0.717, 1.165) is 24.3 Å². The number of rotatable bonds is 8. The minimum atomic E-state index is -4.51. The van der Waals surface area contributed by atoms with E-state index in [-0.39, 0.29) is 28.9 Å². The van der Waals surface area contributed by atoms with Crippen LogP contribution in [0.25, 0.3) is 0 Å². The highest BCUT2D eigenvalue weighted by atomic mass is 32.2. The molecule has 0 aliphatic rings. The molecule has 0 aliphatic carbocycles. The first-order valence-corrected chi connectivity index (χ1v) is 9.88. The summed E-state index contributed by atoms with van der Waals surface area (Å²) < 4.78 is 72.8. The Morgan fingerprint density at radius 2 is 1.79 bits per heavy atom. The van der Waals surface area contributed by atoms with Crippen molar-refractivity contribution in [2.24, 2.45) is 0 Å². The number of benzene rings is 1. The van der Waals surface area contributed by atoms with Crippen LogP contribution in [0.15, 0.2) is 47.5 Å². The zero-order valence-corrected chi connectivity index (χ0v) is 16.4. The van der Waals surface area contributed by atoms with Crippen molar-refractivity contribution in [2.75, 3.05) is 6.61 Å². The minimum Gasteiger partial charge on any atom is -0.484 e. The van der Waals surface area contributed by atoms with Gasteiger partial charge >= 0.3 is 6.18 Å². The van der Waals surface area contributed by atoms with Gasteiger partial charge in [-0.2, -0.15) is 13.2 Å². The number of sulfonamides is 1. The molecule has 0 unspecified atom stereocenters. The first-order valence-electron chi connectivity index (χ1n) is 8.39. The number of carbonyl (C=O) groups is 1. The Kier molecular flexibility index (Phi) is 7.20. The highest BCUT2D eigenvalue weighted by molar-refractivity contribution is 7.90. The SMILES string of the molecule is CC(C)OCc1ccc(C(=O)NS(=O)(=O)c2ccc(OCC(F)(F)F)cc2)cn1. The zero-order valence-electron chi connectivity index (χ0n) is 15.6. The smallest absolute Gasteiger partial charge is 0.422 e. The Morgan fingerprint density at radius 3 is 2.31 bits per heavy atom. The number of nitrogens with zero attached hydrogens (tertiary/aromatic N) is 1. The van der Waals surface area contributed by atoms with E-state index >= 15 is 0 Å². The van der Waals surface area contributed by atoms with Gasteiger partial charge < -0.3 is 9.47 Å². The fourth-order valence-electron chi connectivity index (χ4n) is 2.02. The first-order chi connectivity index (χ1) is 13.5. The second-order valence-corrected chi connectivity index (χ2v) is 7.89. The Labute approximate surface area is 165 Å². The van der Waals surface area contributed by atoms with Crippen molar-refractivity contribution in [3.63, 3.8) is 0 Å². The Hall–Kier alpha value is -2.66. The van der Waals surface area contributed by atoms with E-state index < -0.39 is 28.7 Å². The number of aromatic nitrogens is 1. The highest BCUT2D eigenvalue weighted by Gasteiger charge is 2.28. The molecule has 1 aromatic carbocycles. The van der Waals surface area contributed by atoms with Crippen LogP contribution in [-0.4, -0.2) is 38.2 Å². The molecule has 0 fully saturated rings. The van der Waals surface area contributed by atoms with E-state index in [1.54, 1.807) is 0 Å². The number of halogens is 3. The first kappa shape index (κ1) is 22.6. The highest BCUT2D eigenvalue weighted by Crippen LogP contribution is 2.20. The predicted octanol–water partition coefficient (Wildman–Crippen LogP) is 3.07. The van der Waals surface area contributed by atoms with Crippen molar-refractivity contribution in [1.29, 1.82) is 0 Å². The largest absolute Gasteiger partial charge is 0.484 e. The maximum Gasteiger partial charge on any atom is 0.422 e. The lowest BCUT2D eigenvalue weighted by Gasteiger charge is -2.11. The van der Waals surface area contributed by atoms with Gasteiger partial charge in [-0.3, -0.25) is 9.78 Å². The van der Waals surface area contributed by atoms with Crippen LogP contribution in [0.5, 0.6) is 5.75 Å². The maximum absolute atomic E-state index is 12.3. The molecule has 0 aliphatic heterocycles. The summed E-state index contributed by atoms with van der Waals surface area (Å²) in [6.45, 7) is 2.48. The molecule has 1 heterocycles. The van der Waals surface area contributed by atoms with Crippen LogP contribution < -0.4 is 9.46 Å². The van der Waals surface area contributed by atoms with Crippen molar-refractivity contribution >= 4 is 15.9 Å². The van der Waals surface area contributed by atoms with Crippen LogP contribution in [0, 0.1) is 0 Å². The van der Waals surface area contributed by atoms with E-state index in [4.69, 9.17) is 4.74 Å². The Bertz CT molecular complexity index is 927. The topological polar surface area (TPSA) is 94.6 Å². The molecule has 1 N–H and O–H groups in total. The van der Waals surface area contributed by atoms with E-state index in [1.807, 2.05) is 18.6 Å². The monoisotopic (exact) mass is 432 g/mol. The van der Waals surface area contributed by atoms with Gasteiger partial charge in [-0.25, -0.2) is 13.1 Å². The lowest BCUT2D eigenvalue weighted by molar-refractivity contribution is -0.153. The number of amides is 1. The molecule has 29 heavy (non-hydrogen) atoms. The van der Waals surface area contributed by atoms with E-state index in [0.29, 0.717) is 5.69 Å². The zero-order chi connectivity index (χ0) is 21.7. The van der Waals surface area contributed by atoms with Gasteiger partial charge in [-0.1, -0.05) is 0 Å². The van der Waals surface area contributed by atoms with Crippen molar-refractivity contribution in [2.45, 2.75) is 37.6 Å². The Morgan fingerprint density at radius 1 is 1.14 bits per heavy atom. The van der Waals surface area contributed by atoms with Crippen LogP contribution in [0.3, 0.4) is 0 Å². The van der Waals surface area contributed by atoms with Crippen molar-refractivity contribution < 1.29 is 35.9 Å². The standard InChI is InChI=1S/C18H19F3N2O5S/c1-12(2)27-10-14-4-3-13(9-22-14)17(24)23-29(25,26)16-7-5-15(6-8-16)28-11-18(19,20)21/h3-9,12H,10-11H2,1-2H3,(H,23,24). The van der Waals surface area contributed by atoms with Crippen molar-refractivity contribution in [3.8, 4) is 5.75 Å². The average molecular weight is 432 g/mol. The lowest BCUT2D eigenvalue weighted by atomic mass is 10.2. The van der Waals surface area contributed by atoms with Gasteiger partial charge in [0.15, 0.2) is 6.61 Å². The number of carbonyl (C=O) groups excluding carboxylic acids is 1. The molecule has 2 rings (SSSR count). The number of ether oxygens (including phenoxy) is 2. The lowest BCUT2D eigenvalue weighted by Crippen LogP contribution is -2.30. The maximum atomic E-state index is 12.3. The van der Waals surface area contributed by atoms with Gasteiger partial charge in [0.25, 0.3) is 15.9 Å². The molecule has 7 nitrogen and oxygen atoms in total. The fourth-order valence-corrected chi connectivity index (χ4v) is 2.99. The summed E-state index contributed by atoms with van der Waals surface area (Å²) in [7, 11) is -4.23. The molecule has 0 saturated carbocycles. The third kappa shape index (κ3) is 7.35. The molecule has 2 aromatic rings. The average Bonchev–Trinajstić information content (AvgIpc) is 2.64. The molecule has 1 amide bonds. The summed E-state index contributed by atoms with van der Waals surface area (Å²) in [4.78, 5) is 15.9. The second-order valence-electron chi connectivity index (χ2n) is 6.21. The summed E-state index contributed by atoms with van der Waals surface area (Å²) in [6.07, 6.45) is -3.28. The molecule has 0 spiro atoms. The molecule has 11 heteroatoms. The molecule has 0 radical (unpaired) electrons. The molecular weight excluding hydrogens is 413 g/mol. The van der Waals surface area contributed by atoms with Gasteiger partial charge in [0, 0.05) is 6.20 Å². The second kappa shape index (κ2) is 9.23. The van der Waals surface area contributed by atoms with Gasteiger partial charge in [-0.05, 0) is 50.2 Å². The summed E-state index contributed by atoms with van der Waals surface area (Å²) in [5, 5.41) is 0. The molecule has 0 bridgehead atoms. The number of alkyl halides is 3. The van der Waals surface area contributed by atoms with Crippen LogP contribution in [0.2, 0.25) is 0 Å². The number of hydrogen-bond donors (Lipinski definition) is 1. The minimum absolute atomic E-state index is 0.00942. The molecule has 0 saturated heterocycles. The summed E-state index contributed by atoms with van der Waals surface area (Å²) in [5.41, 5.74) is 0.597. The van der Waals surface area contributed by atoms with Crippen LogP contribution >= 0.6 is 0 Å². The predicted molar refractivity (Wildman–Crippen MR) is 96.8 cm³/mol. The van der Waals surface area contributed by atoms with Crippen LogP contribution in [-0.2, 0) is 21.4 Å². The normalized spacial score (nSPS) is 12.1. The van der Waals surface area contributed by atoms with Gasteiger partial charge in [0.05, 0.1) is 28.9 Å². The summed E-state index contributed by atoms with van der Waals surface area (Å²) in [6, 6.07) is 7.14. The van der Waals surface area contributed by atoms with Gasteiger partial charge in [-0.15, -0.1) is 0 Å². The van der Waals surface area contributed by atoms with E-state index in [1.165, 1.54) is 18.3 Å². The molecule has 0 atom stereocenters. The molecular formula is C18H19F3N2O5S. The Balaban J connectivity index is 2.01. The number of pyridine rings is 1. The van der Waals surface area contributed by atoms with Gasteiger partial charge in [0.1, 0.15) is 5.75 Å². The third-order valence-corrected chi connectivity index (χ3v) is 4.76. The number of hydrogen-bond acceptors (Lipinski definition) is 6. The number of nitrogens with one attached hydrogen (secondary N) is 1. The molecule has 158 valence electrons. The van der Waals surface area contributed by atoms with Gasteiger partial charge in [0.2, 0.25) is 0 Å². The fraction of sp³-hybridized carbons (Fsp3) is 0.333. The molecule has 1 aromatic heterocycles. The third-order valence-electron chi connectivity index (χ3n) is 3.42. The summed E-state index contributed by atoms with van der Waals surface area (Å²) in [5.74, 6) is -1.05. The van der Waals surface area contributed by atoms with Crippen molar-refractivity contribution in [1.82, 2.24) is 9.71 Å². The quantitative estimate of drug-likeness (QED) is 0.689. The van der Waals surface area contributed by atoms with Crippen LogP contribution in [0.4, 0.5) is 13.2 Å². The van der Waals surface area contributed by atoms with Crippen molar-refractivity contribution in [3.05, 3.63) is 53.9 Å². The summed E-state index contributed by atoms with van der Waals surface area (Å²) >= 11 is 0.